The molecular formula is C19H17ClN2O. The molecule has 3 rings (SSSR count). The van der Waals surface area contributed by atoms with Gasteiger partial charge in [0.25, 0.3) is 0 Å². The van der Waals surface area contributed by atoms with Crippen LogP contribution in [-0.2, 0) is 17.6 Å². The Bertz CT molecular complexity index is 790. The second-order valence-electron chi connectivity index (χ2n) is 5.53. The lowest BCUT2D eigenvalue weighted by molar-refractivity contribution is -0.128. The second-order valence-corrected chi connectivity index (χ2v) is 5.94. The summed E-state index contributed by atoms with van der Waals surface area (Å²) in [6, 6.07) is 9.59. The molecule has 23 heavy (non-hydrogen) atoms. The molecule has 1 aromatic heterocycles. The van der Waals surface area contributed by atoms with E-state index in [4.69, 9.17) is 11.6 Å². The number of aromatic nitrogens is 1. The maximum atomic E-state index is 11.6. The van der Waals surface area contributed by atoms with E-state index in [1.165, 1.54) is 5.56 Å². The van der Waals surface area contributed by atoms with Crippen molar-refractivity contribution >= 4 is 17.5 Å². The molecule has 0 N–H and O–H groups in total. The van der Waals surface area contributed by atoms with Crippen molar-refractivity contribution in [2.24, 2.45) is 0 Å². The van der Waals surface area contributed by atoms with Crippen molar-refractivity contribution in [3.05, 3.63) is 63.9 Å². The van der Waals surface area contributed by atoms with Crippen LogP contribution < -0.4 is 0 Å². The first-order valence-corrected chi connectivity index (χ1v) is 8.02. The van der Waals surface area contributed by atoms with E-state index < -0.39 is 0 Å². The summed E-state index contributed by atoms with van der Waals surface area (Å²) in [5, 5.41) is 0.656. The van der Waals surface area contributed by atoms with Gasteiger partial charge in [-0.1, -0.05) is 29.7 Å². The lowest BCUT2D eigenvalue weighted by Crippen LogP contribution is -2.30. The Morgan fingerprint density at radius 3 is 2.74 bits per heavy atom. The summed E-state index contributed by atoms with van der Waals surface area (Å²) >= 11 is 6.38. The van der Waals surface area contributed by atoms with Gasteiger partial charge in [-0.25, -0.2) is 4.98 Å². The Labute approximate surface area is 141 Å². The van der Waals surface area contributed by atoms with Gasteiger partial charge in [-0.3, -0.25) is 4.79 Å². The number of rotatable bonds is 0. The number of carbonyl (C=O) groups excluding carboxylic acids is 1. The van der Waals surface area contributed by atoms with Crippen molar-refractivity contribution in [3.8, 4) is 11.8 Å². The first-order valence-electron chi connectivity index (χ1n) is 7.64. The van der Waals surface area contributed by atoms with Crippen LogP contribution in [0.1, 0.15) is 29.3 Å². The van der Waals surface area contributed by atoms with E-state index in [2.05, 4.69) is 16.8 Å². The molecule has 1 aliphatic rings. The Morgan fingerprint density at radius 1 is 1.17 bits per heavy atom. The highest BCUT2D eigenvalue weighted by Crippen LogP contribution is 2.26. The molecule has 1 aliphatic heterocycles. The normalized spacial score (nSPS) is 13.6. The number of hydrogen-bond acceptors (Lipinski definition) is 2. The van der Waals surface area contributed by atoms with Crippen LogP contribution >= 0.6 is 11.6 Å². The third-order valence-electron chi connectivity index (χ3n) is 4.07. The molecule has 0 saturated heterocycles. The molecule has 0 aliphatic carbocycles. The summed E-state index contributed by atoms with van der Waals surface area (Å²) < 4.78 is 0. The van der Waals surface area contributed by atoms with Crippen molar-refractivity contribution in [3.63, 3.8) is 0 Å². The monoisotopic (exact) mass is 324 g/mol. The highest BCUT2D eigenvalue weighted by molar-refractivity contribution is 6.31. The van der Waals surface area contributed by atoms with E-state index in [1.54, 1.807) is 13.1 Å². The van der Waals surface area contributed by atoms with E-state index in [-0.39, 0.29) is 5.91 Å². The highest BCUT2D eigenvalue weighted by Gasteiger charge is 2.18. The molecule has 0 bridgehead atoms. The lowest BCUT2D eigenvalue weighted by atomic mass is 9.97. The second kappa shape index (κ2) is 6.85. The molecule has 1 amide bonds. The Morgan fingerprint density at radius 2 is 2.00 bits per heavy atom. The van der Waals surface area contributed by atoms with Gasteiger partial charge in [-0.15, -0.1) is 0 Å². The molecule has 4 heteroatoms. The standard InChI is InChI=1S/C19H17ClN2O/c1-14(23)22-12-9-15-5-8-19(20)18(17(15)10-13-22)7-6-16-4-2-3-11-21-16/h2-5,8,11H,9-10,12-13H2,1H3. The van der Waals surface area contributed by atoms with Crippen LogP contribution in [0.5, 0.6) is 0 Å². The molecule has 0 spiro atoms. The van der Waals surface area contributed by atoms with Gasteiger partial charge in [0, 0.05) is 31.8 Å². The summed E-state index contributed by atoms with van der Waals surface area (Å²) in [5.74, 6) is 6.38. The fraction of sp³-hybridized carbons (Fsp3) is 0.263. The molecule has 0 atom stereocenters. The molecule has 1 aromatic carbocycles. The average Bonchev–Trinajstić information content (AvgIpc) is 2.78. The minimum atomic E-state index is 0.116. The van der Waals surface area contributed by atoms with Gasteiger partial charge in [0.2, 0.25) is 5.91 Å². The molecule has 0 unspecified atom stereocenters. The number of pyridine rings is 1. The zero-order valence-electron chi connectivity index (χ0n) is 13.0. The first kappa shape index (κ1) is 15.6. The van der Waals surface area contributed by atoms with Crippen LogP contribution in [-0.4, -0.2) is 28.9 Å². The van der Waals surface area contributed by atoms with Crippen LogP contribution in [0, 0.1) is 11.8 Å². The molecule has 0 radical (unpaired) electrons. The number of hydrogen-bond donors (Lipinski definition) is 0. The summed E-state index contributed by atoms with van der Waals surface area (Å²) in [6.45, 7) is 3.07. The average molecular weight is 325 g/mol. The van der Waals surface area contributed by atoms with Gasteiger partial charge >= 0.3 is 0 Å². The summed E-state index contributed by atoms with van der Waals surface area (Å²) in [7, 11) is 0. The predicted octanol–water partition coefficient (Wildman–Crippen LogP) is 3.08. The van der Waals surface area contributed by atoms with Crippen LogP contribution in [0.15, 0.2) is 36.5 Å². The third-order valence-corrected chi connectivity index (χ3v) is 4.38. The summed E-state index contributed by atoms with van der Waals surface area (Å²) in [4.78, 5) is 17.7. The third kappa shape index (κ3) is 3.55. The molecular weight excluding hydrogens is 308 g/mol. The van der Waals surface area contributed by atoms with Crippen molar-refractivity contribution in [2.45, 2.75) is 19.8 Å². The quantitative estimate of drug-likeness (QED) is 0.698. The molecule has 2 aromatic rings. The first-order chi connectivity index (χ1) is 11.1. The number of carbonyl (C=O) groups is 1. The van der Waals surface area contributed by atoms with Gasteiger partial charge in [-0.2, -0.15) is 0 Å². The number of benzene rings is 1. The van der Waals surface area contributed by atoms with Crippen molar-refractivity contribution in [1.29, 1.82) is 0 Å². The van der Waals surface area contributed by atoms with Crippen molar-refractivity contribution in [2.75, 3.05) is 13.1 Å². The molecule has 3 nitrogen and oxygen atoms in total. The number of halogens is 1. The minimum absolute atomic E-state index is 0.116. The zero-order chi connectivity index (χ0) is 16.2. The van der Waals surface area contributed by atoms with E-state index >= 15 is 0 Å². The van der Waals surface area contributed by atoms with Gasteiger partial charge in [0.05, 0.1) is 5.02 Å². The smallest absolute Gasteiger partial charge is 0.219 e. The Balaban J connectivity index is 1.97. The highest BCUT2D eigenvalue weighted by atomic mass is 35.5. The van der Waals surface area contributed by atoms with Crippen molar-refractivity contribution in [1.82, 2.24) is 9.88 Å². The van der Waals surface area contributed by atoms with Crippen molar-refractivity contribution < 1.29 is 4.79 Å². The van der Waals surface area contributed by atoms with Crippen LogP contribution in [0.2, 0.25) is 5.02 Å². The van der Waals surface area contributed by atoms with Crippen LogP contribution in [0.25, 0.3) is 0 Å². The van der Waals surface area contributed by atoms with Gasteiger partial charge in [0.1, 0.15) is 5.69 Å². The summed E-state index contributed by atoms with van der Waals surface area (Å²) in [5.41, 5.74) is 3.97. The van der Waals surface area contributed by atoms with E-state index in [9.17, 15) is 4.79 Å². The minimum Gasteiger partial charge on any atom is -0.342 e. The molecule has 116 valence electrons. The maximum Gasteiger partial charge on any atom is 0.219 e. The van der Waals surface area contributed by atoms with Crippen LogP contribution in [0.4, 0.5) is 0 Å². The zero-order valence-corrected chi connectivity index (χ0v) is 13.7. The number of nitrogens with zero attached hydrogens (tertiary/aromatic N) is 2. The molecule has 2 heterocycles. The largest absolute Gasteiger partial charge is 0.342 e. The Hall–Kier alpha value is -2.31. The number of fused-ring (bicyclic) bond motifs is 1. The maximum absolute atomic E-state index is 11.6. The number of amides is 1. The summed E-state index contributed by atoms with van der Waals surface area (Å²) in [6.07, 6.45) is 3.34. The molecule has 0 saturated carbocycles. The van der Waals surface area contributed by atoms with Crippen LogP contribution in [0.3, 0.4) is 0 Å². The van der Waals surface area contributed by atoms with Gasteiger partial charge < -0.3 is 4.90 Å². The SMILES string of the molecule is CC(=O)N1CCc2ccc(Cl)c(C#Cc3ccccn3)c2CC1. The van der Waals surface area contributed by atoms with Gasteiger partial charge in [-0.05, 0) is 48.1 Å². The Kier molecular flexibility index (Phi) is 4.64. The fourth-order valence-electron chi connectivity index (χ4n) is 2.81. The predicted molar refractivity (Wildman–Crippen MR) is 91.3 cm³/mol. The van der Waals surface area contributed by atoms with E-state index in [0.717, 1.165) is 36.2 Å². The lowest BCUT2D eigenvalue weighted by Gasteiger charge is -2.17. The van der Waals surface area contributed by atoms with E-state index in [1.807, 2.05) is 35.2 Å². The van der Waals surface area contributed by atoms with E-state index in [0.29, 0.717) is 11.6 Å². The van der Waals surface area contributed by atoms with Gasteiger partial charge in [0.15, 0.2) is 0 Å². The fourth-order valence-corrected chi connectivity index (χ4v) is 3.03. The topological polar surface area (TPSA) is 33.2 Å². The molecule has 0 fully saturated rings.